The van der Waals surface area contributed by atoms with Gasteiger partial charge in [-0.2, -0.15) is 0 Å². The predicted octanol–water partition coefficient (Wildman–Crippen LogP) is 5.50. The first-order chi connectivity index (χ1) is 10.0. The van der Waals surface area contributed by atoms with Gasteiger partial charge >= 0.3 is 5.97 Å². The van der Waals surface area contributed by atoms with Crippen molar-refractivity contribution < 1.29 is 9.90 Å². The lowest BCUT2D eigenvalue weighted by atomic mass is 9.58. The highest BCUT2D eigenvalue weighted by Crippen LogP contribution is 2.62. The van der Waals surface area contributed by atoms with Crippen molar-refractivity contribution in [3.8, 4) is 0 Å². The van der Waals surface area contributed by atoms with Crippen LogP contribution in [0.25, 0.3) is 0 Å². The van der Waals surface area contributed by atoms with Crippen molar-refractivity contribution in [3.05, 3.63) is 28.7 Å². The van der Waals surface area contributed by atoms with Crippen molar-refractivity contribution in [2.75, 3.05) is 0 Å². The summed E-state index contributed by atoms with van der Waals surface area (Å²) in [6.07, 6.45) is 9.32. The molecule has 0 aliphatic heterocycles. The summed E-state index contributed by atoms with van der Waals surface area (Å²) in [6.45, 7) is 0. The molecular weight excluding hydrogens is 348 g/mol. The zero-order chi connectivity index (χ0) is 14.9. The number of thioether (sulfide) groups is 1. The lowest BCUT2D eigenvalue weighted by Crippen LogP contribution is -2.54. The van der Waals surface area contributed by atoms with Gasteiger partial charge in [0.05, 0.1) is 0 Å². The van der Waals surface area contributed by atoms with Crippen molar-refractivity contribution in [1.29, 1.82) is 0 Å². The number of hydrogen-bond donors (Lipinski definition) is 1. The third-order valence-electron chi connectivity index (χ3n) is 4.98. The Hall–Kier alpha value is -0.480. The van der Waals surface area contributed by atoms with Crippen LogP contribution in [-0.4, -0.2) is 15.8 Å². The molecule has 0 unspecified atom stereocenters. The quantitative estimate of drug-likeness (QED) is 0.765. The lowest BCUT2D eigenvalue weighted by Gasteiger charge is -2.53. The van der Waals surface area contributed by atoms with Crippen LogP contribution in [0.15, 0.2) is 33.6 Å². The maximum Gasteiger partial charge on any atom is 0.320 e. The minimum Gasteiger partial charge on any atom is -0.480 e. The van der Waals surface area contributed by atoms with Gasteiger partial charge in [0.1, 0.15) is 4.75 Å². The van der Waals surface area contributed by atoms with Crippen molar-refractivity contribution >= 4 is 33.7 Å². The minimum absolute atomic E-state index is 0.313. The Balaban J connectivity index is 1.75. The lowest BCUT2D eigenvalue weighted by molar-refractivity contribution is -0.147. The number of halogens is 1. The molecule has 0 bridgehead atoms. The summed E-state index contributed by atoms with van der Waals surface area (Å²) in [5, 5.41) is 9.77. The van der Waals surface area contributed by atoms with Crippen LogP contribution in [0.4, 0.5) is 0 Å². The molecule has 2 nitrogen and oxygen atoms in total. The van der Waals surface area contributed by atoms with Gasteiger partial charge in [-0.15, -0.1) is 11.8 Å². The molecule has 0 radical (unpaired) electrons. The second kappa shape index (κ2) is 5.96. The van der Waals surface area contributed by atoms with Crippen molar-refractivity contribution in [1.82, 2.24) is 0 Å². The first-order valence-electron chi connectivity index (χ1n) is 7.72. The van der Waals surface area contributed by atoms with Crippen LogP contribution in [0.2, 0.25) is 0 Å². The molecule has 0 saturated heterocycles. The average molecular weight is 369 g/mol. The van der Waals surface area contributed by atoms with E-state index >= 15 is 0 Å². The second-order valence-corrected chi connectivity index (χ2v) is 9.00. The van der Waals surface area contributed by atoms with E-state index in [-0.39, 0.29) is 0 Å². The van der Waals surface area contributed by atoms with Crippen LogP contribution in [0.1, 0.15) is 51.4 Å². The van der Waals surface area contributed by atoms with Crippen LogP contribution >= 0.6 is 27.7 Å². The number of hydrogen-bond acceptors (Lipinski definition) is 2. The van der Waals surface area contributed by atoms with E-state index in [9.17, 15) is 9.90 Å². The van der Waals surface area contributed by atoms with Gasteiger partial charge in [0.2, 0.25) is 0 Å². The van der Waals surface area contributed by atoms with Gasteiger partial charge in [0, 0.05) is 9.37 Å². The Kier molecular flexibility index (Phi) is 4.37. The number of benzene rings is 1. The van der Waals surface area contributed by atoms with Crippen LogP contribution in [0.3, 0.4) is 0 Å². The summed E-state index contributed by atoms with van der Waals surface area (Å²) in [5.41, 5.74) is 0.313. The maximum absolute atomic E-state index is 11.9. The Morgan fingerprint density at radius 1 is 1.14 bits per heavy atom. The molecule has 1 aromatic carbocycles. The van der Waals surface area contributed by atoms with Crippen molar-refractivity contribution in [2.24, 2.45) is 5.41 Å². The monoisotopic (exact) mass is 368 g/mol. The Morgan fingerprint density at radius 3 is 2.38 bits per heavy atom. The molecule has 2 aliphatic carbocycles. The van der Waals surface area contributed by atoms with E-state index in [2.05, 4.69) is 15.9 Å². The molecule has 3 rings (SSSR count). The molecule has 0 amide bonds. The minimum atomic E-state index is -0.637. The summed E-state index contributed by atoms with van der Waals surface area (Å²) in [6, 6.07) is 7.98. The predicted molar refractivity (Wildman–Crippen MR) is 89.7 cm³/mol. The fourth-order valence-corrected chi connectivity index (χ4v) is 6.19. The summed E-state index contributed by atoms with van der Waals surface area (Å²) >= 11 is 5.01. The highest BCUT2D eigenvalue weighted by molar-refractivity contribution is 9.10. The molecule has 4 heteroatoms. The third kappa shape index (κ3) is 3.16. The molecule has 2 saturated carbocycles. The van der Waals surface area contributed by atoms with E-state index in [4.69, 9.17) is 0 Å². The average Bonchev–Trinajstić information content (AvgIpc) is 2.63. The standard InChI is InChI=1S/C17H21BrO2S/c18-13-6-5-7-14(10-13)21-17(15(19)20)11-16(12-17)8-3-1-2-4-9-16/h5-7,10H,1-4,8-9,11-12H2,(H,19,20). The van der Waals surface area contributed by atoms with E-state index in [1.54, 1.807) is 11.8 Å². The SMILES string of the molecule is O=C(O)C1(Sc2cccc(Br)c2)CC2(CCCCCC2)C1. The molecule has 2 fully saturated rings. The fraction of sp³-hybridized carbons (Fsp3) is 0.588. The molecule has 1 aromatic rings. The number of rotatable bonds is 3. The molecule has 21 heavy (non-hydrogen) atoms. The molecule has 2 aliphatic rings. The van der Waals surface area contributed by atoms with E-state index in [0.29, 0.717) is 5.41 Å². The maximum atomic E-state index is 11.9. The van der Waals surface area contributed by atoms with E-state index < -0.39 is 10.7 Å². The Labute approximate surface area is 138 Å². The van der Waals surface area contributed by atoms with Gasteiger partial charge in [-0.25, -0.2) is 0 Å². The van der Waals surface area contributed by atoms with Crippen molar-refractivity contribution in [3.63, 3.8) is 0 Å². The first kappa shape index (κ1) is 15.4. The molecule has 114 valence electrons. The highest BCUT2D eigenvalue weighted by atomic mass is 79.9. The molecule has 0 atom stereocenters. The highest BCUT2D eigenvalue weighted by Gasteiger charge is 2.59. The zero-order valence-corrected chi connectivity index (χ0v) is 14.5. The van der Waals surface area contributed by atoms with Crippen LogP contribution < -0.4 is 0 Å². The topological polar surface area (TPSA) is 37.3 Å². The van der Waals surface area contributed by atoms with Gasteiger partial charge in [0.25, 0.3) is 0 Å². The molecule has 1 N–H and O–H groups in total. The second-order valence-electron chi connectivity index (χ2n) is 6.63. The van der Waals surface area contributed by atoms with E-state index in [0.717, 1.165) is 22.2 Å². The van der Waals surface area contributed by atoms with Gasteiger partial charge in [-0.05, 0) is 49.3 Å². The fourth-order valence-electron chi connectivity index (χ4n) is 4.01. The van der Waals surface area contributed by atoms with Crippen LogP contribution in [0, 0.1) is 5.41 Å². The summed E-state index contributed by atoms with van der Waals surface area (Å²) in [5.74, 6) is -0.637. The number of aliphatic carboxylic acids is 1. The molecule has 0 heterocycles. The van der Waals surface area contributed by atoms with Crippen molar-refractivity contribution in [2.45, 2.75) is 61.0 Å². The van der Waals surface area contributed by atoms with Crippen LogP contribution in [-0.2, 0) is 4.79 Å². The number of carboxylic acids is 1. The Morgan fingerprint density at radius 2 is 1.81 bits per heavy atom. The largest absolute Gasteiger partial charge is 0.480 e. The number of carbonyl (C=O) groups is 1. The smallest absolute Gasteiger partial charge is 0.320 e. The Bertz CT molecular complexity index is 527. The normalized spacial score (nSPS) is 23.3. The van der Waals surface area contributed by atoms with Crippen LogP contribution in [0.5, 0.6) is 0 Å². The van der Waals surface area contributed by atoms with Gasteiger partial charge < -0.3 is 5.11 Å². The van der Waals surface area contributed by atoms with E-state index in [1.807, 2.05) is 24.3 Å². The van der Waals surface area contributed by atoms with Gasteiger partial charge in [0.15, 0.2) is 0 Å². The molecule has 1 spiro atoms. The molecular formula is C17H21BrO2S. The molecule has 0 aromatic heterocycles. The summed E-state index contributed by atoms with van der Waals surface area (Å²) in [4.78, 5) is 12.9. The summed E-state index contributed by atoms with van der Waals surface area (Å²) < 4.78 is 0.405. The zero-order valence-electron chi connectivity index (χ0n) is 12.1. The third-order valence-corrected chi connectivity index (χ3v) is 6.82. The van der Waals surface area contributed by atoms with E-state index in [1.165, 1.54) is 38.5 Å². The number of carboxylic acid groups (broad SMARTS) is 1. The summed E-state index contributed by atoms with van der Waals surface area (Å²) in [7, 11) is 0. The first-order valence-corrected chi connectivity index (χ1v) is 9.33. The van der Waals surface area contributed by atoms with Gasteiger partial charge in [-0.3, -0.25) is 4.79 Å². The van der Waals surface area contributed by atoms with Gasteiger partial charge in [-0.1, -0.05) is 47.7 Å².